The van der Waals surface area contributed by atoms with Gasteiger partial charge in [0.2, 0.25) is 5.95 Å². The van der Waals surface area contributed by atoms with Gasteiger partial charge in [0.1, 0.15) is 5.02 Å². The van der Waals surface area contributed by atoms with E-state index < -0.39 is 0 Å². The average molecular weight is 315 g/mol. The average Bonchev–Trinajstić information content (AvgIpc) is 2.44. The highest BCUT2D eigenvalue weighted by Gasteiger charge is 2.12. The van der Waals surface area contributed by atoms with Gasteiger partial charge in [0.25, 0.3) is 0 Å². The minimum absolute atomic E-state index is 0.0666. The number of ether oxygens (including phenoxy) is 2. The Balaban J connectivity index is 2.32. The molecule has 0 bridgehead atoms. The SMILES string of the molecule is CCOc1nc(NC)nc(Oc2cccc(Cl)c2Cl)n1. The van der Waals surface area contributed by atoms with Crippen LogP contribution >= 0.6 is 23.2 Å². The maximum Gasteiger partial charge on any atom is 0.330 e. The van der Waals surface area contributed by atoms with Crippen molar-refractivity contribution in [3.8, 4) is 17.8 Å². The van der Waals surface area contributed by atoms with E-state index >= 15 is 0 Å². The summed E-state index contributed by atoms with van der Waals surface area (Å²) < 4.78 is 10.8. The highest BCUT2D eigenvalue weighted by Crippen LogP contribution is 2.33. The molecule has 0 amide bonds. The van der Waals surface area contributed by atoms with Gasteiger partial charge >= 0.3 is 12.0 Å². The quantitative estimate of drug-likeness (QED) is 0.912. The van der Waals surface area contributed by atoms with Crippen LogP contribution in [0.25, 0.3) is 0 Å². The molecule has 0 saturated carbocycles. The standard InChI is InChI=1S/C12H12Cl2N4O2/c1-3-19-11-16-10(15-2)17-12(18-11)20-8-6-4-5-7(13)9(8)14/h4-6H,3H2,1-2H3,(H,15,16,17,18). The molecule has 1 aromatic carbocycles. The molecule has 1 N–H and O–H groups in total. The highest BCUT2D eigenvalue weighted by atomic mass is 35.5. The lowest BCUT2D eigenvalue weighted by Crippen LogP contribution is -2.05. The largest absolute Gasteiger partial charge is 0.464 e. The number of hydrogen-bond donors (Lipinski definition) is 1. The molecule has 0 aliphatic carbocycles. The summed E-state index contributed by atoms with van der Waals surface area (Å²) in [5.74, 6) is 0.687. The summed E-state index contributed by atoms with van der Waals surface area (Å²) in [6.45, 7) is 2.27. The second kappa shape index (κ2) is 6.58. The maximum atomic E-state index is 6.04. The van der Waals surface area contributed by atoms with Crippen LogP contribution in [0.15, 0.2) is 18.2 Å². The Labute approximate surface area is 126 Å². The van der Waals surface area contributed by atoms with Crippen LogP contribution in [0.2, 0.25) is 10.0 Å². The molecule has 0 unspecified atom stereocenters. The molecule has 0 atom stereocenters. The maximum absolute atomic E-state index is 6.04. The molecule has 8 heteroatoms. The van der Waals surface area contributed by atoms with Gasteiger partial charge in [0.05, 0.1) is 11.6 Å². The van der Waals surface area contributed by atoms with Crippen LogP contribution in [0.3, 0.4) is 0 Å². The van der Waals surface area contributed by atoms with Gasteiger partial charge in [-0.1, -0.05) is 29.3 Å². The van der Waals surface area contributed by atoms with Crippen molar-refractivity contribution < 1.29 is 9.47 Å². The van der Waals surface area contributed by atoms with Crippen molar-refractivity contribution in [2.24, 2.45) is 0 Å². The minimum atomic E-state index is 0.0666. The van der Waals surface area contributed by atoms with Crippen molar-refractivity contribution in [2.75, 3.05) is 19.0 Å². The molecule has 0 aliphatic heterocycles. The van der Waals surface area contributed by atoms with E-state index in [0.717, 1.165) is 0 Å². The number of benzene rings is 1. The molecular weight excluding hydrogens is 303 g/mol. The molecular formula is C12H12Cl2N4O2. The van der Waals surface area contributed by atoms with Crippen molar-refractivity contribution in [3.05, 3.63) is 28.2 Å². The van der Waals surface area contributed by atoms with Gasteiger partial charge in [-0.25, -0.2) is 0 Å². The van der Waals surface area contributed by atoms with E-state index in [1.54, 1.807) is 25.2 Å². The van der Waals surface area contributed by atoms with E-state index in [-0.39, 0.29) is 12.0 Å². The monoisotopic (exact) mass is 314 g/mol. The van der Waals surface area contributed by atoms with E-state index in [2.05, 4.69) is 20.3 Å². The van der Waals surface area contributed by atoms with Crippen molar-refractivity contribution in [2.45, 2.75) is 6.92 Å². The molecule has 1 aromatic heterocycles. The zero-order chi connectivity index (χ0) is 14.5. The van der Waals surface area contributed by atoms with Gasteiger partial charge in [0, 0.05) is 7.05 Å². The zero-order valence-electron chi connectivity index (χ0n) is 10.9. The Morgan fingerprint density at radius 2 is 1.90 bits per heavy atom. The summed E-state index contributed by atoms with van der Waals surface area (Å²) in [7, 11) is 1.68. The number of anilines is 1. The smallest absolute Gasteiger partial charge is 0.330 e. The van der Waals surface area contributed by atoms with Gasteiger partial charge < -0.3 is 14.8 Å². The number of halogens is 2. The lowest BCUT2D eigenvalue weighted by Gasteiger charge is -2.09. The van der Waals surface area contributed by atoms with Crippen molar-refractivity contribution in [1.82, 2.24) is 15.0 Å². The van der Waals surface area contributed by atoms with Crippen LogP contribution in [-0.2, 0) is 0 Å². The summed E-state index contributed by atoms with van der Waals surface area (Å²) in [4.78, 5) is 12.1. The fourth-order valence-electron chi connectivity index (χ4n) is 1.35. The normalized spacial score (nSPS) is 10.2. The van der Waals surface area contributed by atoms with Crippen molar-refractivity contribution in [3.63, 3.8) is 0 Å². The molecule has 1 heterocycles. The van der Waals surface area contributed by atoms with E-state index in [0.29, 0.717) is 28.3 Å². The molecule has 0 fully saturated rings. The van der Waals surface area contributed by atoms with E-state index in [1.165, 1.54) is 0 Å². The lowest BCUT2D eigenvalue weighted by atomic mass is 10.3. The fraction of sp³-hybridized carbons (Fsp3) is 0.250. The number of rotatable bonds is 5. The molecule has 2 rings (SSSR count). The Bertz CT molecular complexity index is 610. The van der Waals surface area contributed by atoms with E-state index in [1.807, 2.05) is 6.92 Å². The molecule has 20 heavy (non-hydrogen) atoms. The minimum Gasteiger partial charge on any atom is -0.464 e. The zero-order valence-corrected chi connectivity index (χ0v) is 12.4. The van der Waals surface area contributed by atoms with Crippen LogP contribution in [0, 0.1) is 0 Å². The predicted octanol–water partition coefficient (Wildman–Crippen LogP) is 3.41. The Kier molecular flexibility index (Phi) is 4.81. The number of nitrogens with one attached hydrogen (secondary N) is 1. The summed E-state index contributed by atoms with van der Waals surface area (Å²) in [5, 5.41) is 3.47. The Morgan fingerprint density at radius 3 is 2.60 bits per heavy atom. The summed E-state index contributed by atoms with van der Waals surface area (Å²) >= 11 is 12.0. The molecule has 0 saturated heterocycles. The topological polar surface area (TPSA) is 69.2 Å². The van der Waals surface area contributed by atoms with E-state index in [4.69, 9.17) is 32.7 Å². The second-order valence-electron chi connectivity index (χ2n) is 3.56. The van der Waals surface area contributed by atoms with Crippen LogP contribution in [0.5, 0.6) is 17.8 Å². The first kappa shape index (κ1) is 14.6. The second-order valence-corrected chi connectivity index (χ2v) is 4.35. The number of hydrogen-bond acceptors (Lipinski definition) is 6. The third-order valence-electron chi connectivity index (χ3n) is 2.21. The first-order chi connectivity index (χ1) is 9.63. The highest BCUT2D eigenvalue weighted by molar-refractivity contribution is 6.42. The molecule has 6 nitrogen and oxygen atoms in total. The van der Waals surface area contributed by atoms with Gasteiger partial charge in [-0.05, 0) is 19.1 Å². The fourth-order valence-corrected chi connectivity index (χ4v) is 1.68. The van der Waals surface area contributed by atoms with Gasteiger partial charge in [-0.15, -0.1) is 4.98 Å². The number of nitrogens with zero attached hydrogens (tertiary/aromatic N) is 3. The first-order valence-electron chi connectivity index (χ1n) is 5.82. The molecule has 0 radical (unpaired) electrons. The first-order valence-corrected chi connectivity index (χ1v) is 6.58. The Hall–Kier alpha value is -1.79. The summed E-state index contributed by atoms with van der Waals surface area (Å²) in [6, 6.07) is 5.27. The predicted molar refractivity (Wildman–Crippen MR) is 77.1 cm³/mol. The van der Waals surface area contributed by atoms with Gasteiger partial charge in [-0.3, -0.25) is 0 Å². The van der Waals surface area contributed by atoms with Crippen LogP contribution in [0.4, 0.5) is 5.95 Å². The third kappa shape index (κ3) is 3.40. The van der Waals surface area contributed by atoms with Crippen LogP contribution in [0.1, 0.15) is 6.92 Å². The van der Waals surface area contributed by atoms with Crippen LogP contribution in [-0.4, -0.2) is 28.6 Å². The molecule has 0 spiro atoms. The van der Waals surface area contributed by atoms with Gasteiger partial charge in [-0.2, -0.15) is 9.97 Å². The third-order valence-corrected chi connectivity index (χ3v) is 3.01. The van der Waals surface area contributed by atoms with Crippen molar-refractivity contribution in [1.29, 1.82) is 0 Å². The number of aromatic nitrogens is 3. The summed E-state index contributed by atoms with van der Waals surface area (Å²) in [5.41, 5.74) is 0. The summed E-state index contributed by atoms with van der Waals surface area (Å²) in [6.07, 6.45) is 0. The van der Waals surface area contributed by atoms with E-state index in [9.17, 15) is 0 Å². The lowest BCUT2D eigenvalue weighted by molar-refractivity contribution is 0.304. The van der Waals surface area contributed by atoms with Crippen LogP contribution < -0.4 is 14.8 Å². The molecule has 106 valence electrons. The van der Waals surface area contributed by atoms with Crippen molar-refractivity contribution >= 4 is 29.2 Å². The molecule has 0 aliphatic rings. The Morgan fingerprint density at radius 1 is 1.15 bits per heavy atom. The van der Waals surface area contributed by atoms with Gasteiger partial charge in [0.15, 0.2) is 5.75 Å². The molecule has 2 aromatic rings.